The number of carbonyl (C=O) groups is 1. The minimum Gasteiger partial charge on any atom is -0.461 e. The lowest BCUT2D eigenvalue weighted by atomic mass is 10.1. The number of hydrogen-bond acceptors (Lipinski definition) is 6. The third-order valence-electron chi connectivity index (χ3n) is 3.64. The van der Waals surface area contributed by atoms with Crippen LogP contribution in [0.3, 0.4) is 0 Å². The minimum absolute atomic E-state index is 0.234. The quantitative estimate of drug-likeness (QED) is 0.750. The number of amides is 1. The number of nitrogens with one attached hydrogen (secondary N) is 1. The minimum atomic E-state index is -3.24. The van der Waals surface area contributed by atoms with Crippen molar-refractivity contribution in [1.82, 2.24) is 10.5 Å². The van der Waals surface area contributed by atoms with Gasteiger partial charge in [-0.05, 0) is 36.8 Å². The summed E-state index contributed by atoms with van der Waals surface area (Å²) in [7, 11) is -3.24. The van der Waals surface area contributed by atoms with E-state index in [2.05, 4.69) is 10.5 Å². The normalized spacial score (nSPS) is 11.4. The van der Waals surface area contributed by atoms with E-state index >= 15 is 0 Å². The molecule has 2 aromatic heterocycles. The molecule has 0 unspecified atom stereocenters. The average Bonchev–Trinajstić information content (AvgIpc) is 3.21. The number of carbonyl (C=O) groups excluding carboxylic acids is 1. The Balaban J connectivity index is 1.75. The van der Waals surface area contributed by atoms with Crippen molar-refractivity contribution in [2.45, 2.75) is 18.4 Å². The molecule has 1 N–H and O–H groups in total. The summed E-state index contributed by atoms with van der Waals surface area (Å²) in [5.74, 6) is 0.341. The van der Waals surface area contributed by atoms with Gasteiger partial charge >= 0.3 is 0 Å². The molecule has 25 heavy (non-hydrogen) atoms. The van der Waals surface area contributed by atoms with Gasteiger partial charge in [-0.3, -0.25) is 4.79 Å². The molecule has 2 heterocycles. The molecule has 8 heteroatoms. The highest BCUT2D eigenvalue weighted by atomic mass is 32.2. The number of sulfone groups is 1. The first-order valence-corrected chi connectivity index (χ1v) is 9.33. The zero-order chi connectivity index (χ0) is 18.0. The van der Waals surface area contributed by atoms with Crippen LogP contribution < -0.4 is 5.32 Å². The molecule has 7 nitrogen and oxygen atoms in total. The van der Waals surface area contributed by atoms with E-state index in [1.165, 1.54) is 18.4 Å². The highest BCUT2D eigenvalue weighted by Crippen LogP contribution is 2.26. The van der Waals surface area contributed by atoms with Crippen LogP contribution in [0.25, 0.3) is 11.5 Å². The highest BCUT2D eigenvalue weighted by molar-refractivity contribution is 7.90. The van der Waals surface area contributed by atoms with E-state index in [4.69, 9.17) is 8.94 Å². The molecule has 3 rings (SSSR count). The zero-order valence-corrected chi connectivity index (χ0v) is 14.5. The first-order chi connectivity index (χ1) is 11.9. The molecule has 0 radical (unpaired) electrons. The number of nitrogens with zero attached hydrogens (tertiary/aromatic N) is 1. The van der Waals surface area contributed by atoms with Crippen molar-refractivity contribution in [3.05, 3.63) is 59.5 Å². The van der Waals surface area contributed by atoms with E-state index in [9.17, 15) is 13.2 Å². The lowest BCUT2D eigenvalue weighted by Gasteiger charge is -2.06. The van der Waals surface area contributed by atoms with Gasteiger partial charge in [0.05, 0.1) is 16.9 Å². The van der Waals surface area contributed by atoms with Gasteiger partial charge in [-0.25, -0.2) is 8.42 Å². The van der Waals surface area contributed by atoms with Crippen molar-refractivity contribution >= 4 is 15.7 Å². The monoisotopic (exact) mass is 360 g/mol. The van der Waals surface area contributed by atoms with Crippen LogP contribution in [0, 0.1) is 6.92 Å². The van der Waals surface area contributed by atoms with E-state index in [1.54, 1.807) is 31.2 Å². The molecule has 0 bridgehead atoms. The summed E-state index contributed by atoms with van der Waals surface area (Å²) in [6.07, 6.45) is 2.63. The second-order valence-electron chi connectivity index (χ2n) is 5.55. The van der Waals surface area contributed by atoms with Gasteiger partial charge in [0.1, 0.15) is 5.56 Å². The predicted molar refractivity (Wildman–Crippen MR) is 89.7 cm³/mol. The summed E-state index contributed by atoms with van der Waals surface area (Å²) in [6.45, 7) is 1.91. The Morgan fingerprint density at radius 3 is 2.52 bits per heavy atom. The smallest absolute Gasteiger partial charge is 0.257 e. The van der Waals surface area contributed by atoms with Gasteiger partial charge in [-0.1, -0.05) is 17.3 Å². The molecular weight excluding hydrogens is 344 g/mol. The Hall–Kier alpha value is -2.87. The molecule has 0 aliphatic heterocycles. The summed E-state index contributed by atoms with van der Waals surface area (Å²) in [5.41, 5.74) is 1.54. The molecule has 1 amide bonds. The van der Waals surface area contributed by atoms with Gasteiger partial charge in [0.15, 0.2) is 15.6 Å². The highest BCUT2D eigenvalue weighted by Gasteiger charge is 2.23. The maximum Gasteiger partial charge on any atom is 0.257 e. The fraction of sp³-hybridized carbons (Fsp3) is 0.176. The third kappa shape index (κ3) is 3.63. The lowest BCUT2D eigenvalue weighted by Crippen LogP contribution is -2.23. The van der Waals surface area contributed by atoms with Crippen LogP contribution in [-0.4, -0.2) is 25.7 Å². The van der Waals surface area contributed by atoms with Crippen LogP contribution in [0.5, 0.6) is 0 Å². The Kier molecular flexibility index (Phi) is 4.45. The molecule has 3 aromatic rings. The van der Waals surface area contributed by atoms with Crippen molar-refractivity contribution in [3.8, 4) is 11.5 Å². The van der Waals surface area contributed by atoms with E-state index < -0.39 is 9.84 Å². The fourth-order valence-corrected chi connectivity index (χ4v) is 2.97. The van der Waals surface area contributed by atoms with Gasteiger partial charge in [-0.2, -0.15) is 0 Å². The number of benzene rings is 1. The van der Waals surface area contributed by atoms with Crippen LogP contribution >= 0.6 is 0 Å². The van der Waals surface area contributed by atoms with Crippen LogP contribution in [0.4, 0.5) is 0 Å². The van der Waals surface area contributed by atoms with Gasteiger partial charge in [0, 0.05) is 12.8 Å². The molecule has 0 aliphatic carbocycles. The summed E-state index contributed by atoms with van der Waals surface area (Å²) in [4.78, 5) is 12.7. The van der Waals surface area contributed by atoms with Crippen molar-refractivity contribution in [1.29, 1.82) is 0 Å². The molecule has 1 aromatic carbocycles. The second kappa shape index (κ2) is 6.56. The summed E-state index contributed by atoms with van der Waals surface area (Å²) >= 11 is 0. The molecule has 130 valence electrons. The molecule has 0 atom stereocenters. The number of furan rings is 1. The Labute approximate surface area is 144 Å². The Morgan fingerprint density at radius 1 is 1.20 bits per heavy atom. The molecule has 0 spiro atoms. The molecule has 0 saturated heterocycles. The molecular formula is C17H16N2O5S. The maximum absolute atomic E-state index is 12.5. The van der Waals surface area contributed by atoms with Gasteiger partial charge in [-0.15, -0.1) is 0 Å². The first-order valence-electron chi connectivity index (χ1n) is 7.43. The second-order valence-corrected chi connectivity index (χ2v) is 7.56. The number of aryl methyl sites for hydroxylation is 1. The van der Waals surface area contributed by atoms with E-state index in [0.29, 0.717) is 17.0 Å². The molecule has 0 fully saturated rings. The summed E-state index contributed by atoms with van der Waals surface area (Å²) in [5, 5.41) is 6.60. The van der Waals surface area contributed by atoms with Gasteiger partial charge in [0.2, 0.25) is 5.76 Å². The molecule has 0 saturated carbocycles. The first kappa shape index (κ1) is 17.0. The maximum atomic E-state index is 12.5. The summed E-state index contributed by atoms with van der Waals surface area (Å²) < 4.78 is 33.4. The fourth-order valence-electron chi connectivity index (χ4n) is 2.34. The zero-order valence-electron chi connectivity index (χ0n) is 13.6. The predicted octanol–water partition coefficient (Wildman–Crippen LogP) is 2.58. The Bertz CT molecular complexity index is 986. The van der Waals surface area contributed by atoms with Crippen molar-refractivity contribution in [2.75, 3.05) is 6.26 Å². The standard InChI is InChI=1S/C17H16N2O5S/c1-11-15(16(24-19-11)14-4-3-9-23-14)17(20)18-10-12-5-7-13(8-6-12)25(2,21)22/h3-9H,10H2,1-2H3,(H,18,20). The topological polar surface area (TPSA) is 102 Å². The molecule has 0 aliphatic rings. The summed E-state index contributed by atoms with van der Waals surface area (Å²) in [6, 6.07) is 9.71. The van der Waals surface area contributed by atoms with Crippen LogP contribution in [0.2, 0.25) is 0 Å². The van der Waals surface area contributed by atoms with E-state index in [-0.39, 0.29) is 23.1 Å². The SMILES string of the molecule is Cc1noc(-c2ccco2)c1C(=O)NCc1ccc(S(C)(=O)=O)cc1. The van der Waals surface area contributed by atoms with Crippen LogP contribution in [0.15, 0.2) is 56.5 Å². The van der Waals surface area contributed by atoms with E-state index in [1.807, 2.05) is 0 Å². The van der Waals surface area contributed by atoms with Crippen LogP contribution in [0.1, 0.15) is 21.6 Å². The number of aromatic nitrogens is 1. The van der Waals surface area contributed by atoms with Crippen LogP contribution in [-0.2, 0) is 16.4 Å². The van der Waals surface area contributed by atoms with Crippen molar-refractivity contribution < 1.29 is 22.2 Å². The number of hydrogen-bond donors (Lipinski definition) is 1. The lowest BCUT2D eigenvalue weighted by molar-refractivity contribution is 0.0950. The average molecular weight is 360 g/mol. The number of rotatable bonds is 5. The van der Waals surface area contributed by atoms with E-state index in [0.717, 1.165) is 11.8 Å². The van der Waals surface area contributed by atoms with Crippen molar-refractivity contribution in [2.24, 2.45) is 0 Å². The van der Waals surface area contributed by atoms with Gasteiger partial charge < -0.3 is 14.3 Å². The van der Waals surface area contributed by atoms with Crippen molar-refractivity contribution in [3.63, 3.8) is 0 Å². The third-order valence-corrected chi connectivity index (χ3v) is 4.77. The van der Waals surface area contributed by atoms with Gasteiger partial charge in [0.25, 0.3) is 5.91 Å². The Morgan fingerprint density at radius 2 is 1.92 bits per heavy atom. The largest absolute Gasteiger partial charge is 0.461 e.